The number of nitrogens with zero attached hydrogens (tertiary/aromatic N) is 4. The molecule has 2 unspecified atom stereocenters. The summed E-state index contributed by atoms with van der Waals surface area (Å²) in [5, 5.41) is 26.6. The number of benzene rings is 2. The van der Waals surface area contributed by atoms with Gasteiger partial charge >= 0.3 is 6.09 Å². The fraction of sp³-hybridized carbons (Fsp3) is 0.308. The Kier molecular flexibility index (Phi) is 7.40. The molecule has 0 bridgehead atoms. The number of aromatic hydroxyl groups is 1. The molecule has 4 rings (SSSR count). The van der Waals surface area contributed by atoms with Crippen LogP contribution in [0.15, 0.2) is 54.7 Å². The predicted octanol–water partition coefficient (Wildman–Crippen LogP) is 3.39. The molecular formula is C26H27FN6O4. The zero-order valence-corrected chi connectivity index (χ0v) is 20.2. The van der Waals surface area contributed by atoms with E-state index in [4.69, 9.17) is 5.73 Å². The third-order valence-electron chi connectivity index (χ3n) is 6.64. The number of phenolic OH excluding ortho intramolecular Hbond substituents is 1. The first kappa shape index (κ1) is 25.7. The zero-order chi connectivity index (χ0) is 26.6. The van der Waals surface area contributed by atoms with Gasteiger partial charge in [0.1, 0.15) is 23.0 Å². The lowest BCUT2D eigenvalue weighted by molar-refractivity contribution is 0.00693. The number of carbonyl (C=O) groups is 2. The molecule has 11 heteroatoms. The number of rotatable bonds is 7. The SMILES string of the molecule is COC(=O)Nc1nn(C2(CC#N)CCN(Cc3ccc(-c4ccccc4)c(O)c3)CC2F)cc1C(N)=O. The second kappa shape index (κ2) is 10.7. The van der Waals surface area contributed by atoms with Crippen LogP contribution in [0.4, 0.5) is 15.0 Å². The molecule has 0 saturated carbocycles. The van der Waals surface area contributed by atoms with Gasteiger partial charge < -0.3 is 15.6 Å². The predicted molar refractivity (Wildman–Crippen MR) is 133 cm³/mol. The lowest BCUT2D eigenvalue weighted by atomic mass is 9.83. The van der Waals surface area contributed by atoms with Crippen molar-refractivity contribution in [2.45, 2.75) is 31.1 Å². The van der Waals surface area contributed by atoms with Crippen LogP contribution in [0.2, 0.25) is 0 Å². The van der Waals surface area contributed by atoms with Crippen LogP contribution < -0.4 is 11.1 Å². The molecule has 2 aromatic carbocycles. The number of anilines is 1. The third-order valence-corrected chi connectivity index (χ3v) is 6.64. The quantitative estimate of drug-likeness (QED) is 0.445. The van der Waals surface area contributed by atoms with E-state index in [1.165, 1.54) is 10.9 Å². The Morgan fingerprint density at radius 3 is 2.70 bits per heavy atom. The highest BCUT2D eigenvalue weighted by molar-refractivity contribution is 6.00. The van der Waals surface area contributed by atoms with Crippen LogP contribution in [-0.2, 0) is 16.8 Å². The molecule has 0 radical (unpaired) electrons. The Balaban J connectivity index is 1.54. The fourth-order valence-corrected chi connectivity index (χ4v) is 4.63. The minimum absolute atomic E-state index is 0.00555. The van der Waals surface area contributed by atoms with Crippen LogP contribution in [-0.4, -0.2) is 58.2 Å². The Morgan fingerprint density at radius 1 is 1.32 bits per heavy atom. The molecule has 2 atom stereocenters. The molecule has 192 valence electrons. The van der Waals surface area contributed by atoms with E-state index in [-0.39, 0.29) is 36.5 Å². The average Bonchev–Trinajstić information content (AvgIpc) is 3.31. The average molecular weight is 507 g/mol. The van der Waals surface area contributed by atoms with E-state index in [0.717, 1.165) is 18.2 Å². The molecule has 2 heterocycles. The van der Waals surface area contributed by atoms with Crippen LogP contribution in [0.1, 0.15) is 28.8 Å². The summed E-state index contributed by atoms with van der Waals surface area (Å²) >= 11 is 0. The highest BCUT2D eigenvalue weighted by Gasteiger charge is 2.46. The van der Waals surface area contributed by atoms with E-state index >= 15 is 4.39 Å². The van der Waals surface area contributed by atoms with Crippen molar-refractivity contribution in [1.29, 1.82) is 5.26 Å². The van der Waals surface area contributed by atoms with Crippen molar-refractivity contribution in [3.8, 4) is 22.9 Å². The van der Waals surface area contributed by atoms with E-state index in [2.05, 4.69) is 15.2 Å². The number of amides is 2. The Bertz CT molecular complexity index is 1340. The largest absolute Gasteiger partial charge is 0.507 e. The number of nitrogens with one attached hydrogen (secondary N) is 1. The molecule has 37 heavy (non-hydrogen) atoms. The van der Waals surface area contributed by atoms with Crippen molar-refractivity contribution in [2.24, 2.45) is 5.73 Å². The highest BCUT2D eigenvalue weighted by atomic mass is 19.1. The maximum atomic E-state index is 15.8. The van der Waals surface area contributed by atoms with E-state index in [0.29, 0.717) is 18.7 Å². The number of nitrogens with two attached hydrogens (primary N) is 1. The molecule has 10 nitrogen and oxygen atoms in total. The molecule has 1 aliphatic rings. The molecule has 1 fully saturated rings. The van der Waals surface area contributed by atoms with Gasteiger partial charge in [-0.15, -0.1) is 0 Å². The molecule has 1 aromatic heterocycles. The zero-order valence-electron chi connectivity index (χ0n) is 20.2. The molecule has 0 spiro atoms. The van der Waals surface area contributed by atoms with Gasteiger partial charge in [0.15, 0.2) is 5.82 Å². The minimum Gasteiger partial charge on any atom is -0.507 e. The monoisotopic (exact) mass is 506 g/mol. The number of primary amides is 1. The van der Waals surface area contributed by atoms with Crippen molar-refractivity contribution in [3.63, 3.8) is 0 Å². The van der Waals surface area contributed by atoms with Gasteiger partial charge in [-0.25, -0.2) is 9.18 Å². The summed E-state index contributed by atoms with van der Waals surface area (Å²) in [5.41, 5.74) is 6.37. The van der Waals surface area contributed by atoms with Gasteiger partial charge in [0, 0.05) is 31.4 Å². The summed E-state index contributed by atoms with van der Waals surface area (Å²) in [5.74, 6) is -0.894. The van der Waals surface area contributed by atoms with Gasteiger partial charge in [-0.1, -0.05) is 42.5 Å². The van der Waals surface area contributed by atoms with E-state index in [1.54, 1.807) is 6.07 Å². The maximum absolute atomic E-state index is 15.8. The van der Waals surface area contributed by atoms with Crippen molar-refractivity contribution in [2.75, 3.05) is 25.5 Å². The fourth-order valence-electron chi connectivity index (χ4n) is 4.63. The molecular weight excluding hydrogens is 479 g/mol. The summed E-state index contributed by atoms with van der Waals surface area (Å²) in [6, 6.07) is 16.9. The van der Waals surface area contributed by atoms with Crippen LogP contribution in [0, 0.1) is 11.3 Å². The molecule has 3 aromatic rings. The molecule has 2 amide bonds. The van der Waals surface area contributed by atoms with Gasteiger partial charge in [-0.3, -0.25) is 19.7 Å². The van der Waals surface area contributed by atoms with Gasteiger partial charge in [0.2, 0.25) is 0 Å². The molecule has 0 aliphatic carbocycles. The smallest absolute Gasteiger partial charge is 0.412 e. The first-order valence-corrected chi connectivity index (χ1v) is 11.6. The number of carbonyl (C=O) groups excluding carboxylic acids is 2. The number of halogens is 1. The van der Waals surface area contributed by atoms with E-state index in [9.17, 15) is 20.0 Å². The highest BCUT2D eigenvalue weighted by Crippen LogP contribution is 2.37. The maximum Gasteiger partial charge on any atom is 0.412 e. The van der Waals surface area contributed by atoms with Gasteiger partial charge in [0.25, 0.3) is 5.91 Å². The topological polar surface area (TPSA) is 146 Å². The molecule has 1 aliphatic heterocycles. The third kappa shape index (κ3) is 5.24. The first-order chi connectivity index (χ1) is 17.8. The van der Waals surface area contributed by atoms with Crippen molar-refractivity contribution < 1.29 is 23.8 Å². The van der Waals surface area contributed by atoms with Crippen LogP contribution >= 0.6 is 0 Å². The van der Waals surface area contributed by atoms with Crippen LogP contribution in [0.5, 0.6) is 5.75 Å². The number of alkyl halides is 1. The number of hydrogen-bond donors (Lipinski definition) is 3. The number of methoxy groups -OCH3 is 1. The number of aromatic nitrogens is 2. The Labute approximate surface area is 213 Å². The first-order valence-electron chi connectivity index (χ1n) is 11.6. The summed E-state index contributed by atoms with van der Waals surface area (Å²) in [4.78, 5) is 25.5. The second-order valence-corrected chi connectivity index (χ2v) is 8.93. The normalized spacial score (nSPS) is 19.6. The number of ether oxygens (including phenoxy) is 1. The summed E-state index contributed by atoms with van der Waals surface area (Å²) in [6.07, 6.45) is -1.12. The summed E-state index contributed by atoms with van der Waals surface area (Å²) < 4.78 is 21.6. The van der Waals surface area contributed by atoms with Crippen LogP contribution in [0.25, 0.3) is 11.1 Å². The standard InChI is InChI=1S/C26H27FN6O4/c1-37-25(36)30-24-20(23(29)35)15-33(31-24)26(9-11-28)10-12-32(16-22(26)27)14-17-7-8-19(21(34)13-17)18-5-3-2-4-6-18/h2-8,13,15,22,34H,9-10,12,14,16H2,1H3,(H2,29,35)(H,30,31,36). The lowest BCUT2D eigenvalue weighted by Crippen LogP contribution is -2.54. The number of phenols is 1. The Hall–Kier alpha value is -4.43. The van der Waals surface area contributed by atoms with E-state index in [1.807, 2.05) is 53.4 Å². The summed E-state index contributed by atoms with van der Waals surface area (Å²) in [7, 11) is 1.15. The number of likely N-dealkylation sites (tertiary alicyclic amines) is 1. The van der Waals surface area contributed by atoms with Gasteiger partial charge in [-0.2, -0.15) is 10.4 Å². The summed E-state index contributed by atoms with van der Waals surface area (Å²) in [6.45, 7) is 0.815. The van der Waals surface area contributed by atoms with Gasteiger partial charge in [0.05, 0.1) is 19.6 Å². The molecule has 4 N–H and O–H groups in total. The van der Waals surface area contributed by atoms with Crippen molar-refractivity contribution in [1.82, 2.24) is 14.7 Å². The van der Waals surface area contributed by atoms with Crippen molar-refractivity contribution in [3.05, 3.63) is 65.9 Å². The van der Waals surface area contributed by atoms with Crippen LogP contribution in [0.3, 0.4) is 0 Å². The minimum atomic E-state index is -1.52. The second-order valence-electron chi connectivity index (χ2n) is 8.93. The number of nitriles is 1. The molecule has 1 saturated heterocycles. The lowest BCUT2D eigenvalue weighted by Gasteiger charge is -2.43. The van der Waals surface area contributed by atoms with Gasteiger partial charge in [-0.05, 0) is 23.6 Å². The number of piperidine rings is 1. The van der Waals surface area contributed by atoms with Crippen molar-refractivity contribution >= 4 is 17.8 Å². The Morgan fingerprint density at radius 2 is 2.08 bits per heavy atom. The van der Waals surface area contributed by atoms with E-state index < -0.39 is 23.7 Å². The number of hydrogen-bond acceptors (Lipinski definition) is 7.